The van der Waals surface area contributed by atoms with E-state index in [1.165, 1.54) is 0 Å². The fourth-order valence-electron chi connectivity index (χ4n) is 3.70. The predicted octanol–water partition coefficient (Wildman–Crippen LogP) is 1.45. The summed E-state index contributed by atoms with van der Waals surface area (Å²) >= 11 is 0. The summed E-state index contributed by atoms with van der Waals surface area (Å²) < 4.78 is 10.8. The number of carbonyl (C=O) groups is 2. The maximum absolute atomic E-state index is 11.7. The summed E-state index contributed by atoms with van der Waals surface area (Å²) in [6, 6.07) is 0. The van der Waals surface area contributed by atoms with Gasteiger partial charge >= 0.3 is 11.9 Å². The Hall–Kier alpha value is -1.32. The highest BCUT2D eigenvalue weighted by Crippen LogP contribution is 2.59. The van der Waals surface area contributed by atoms with Crippen molar-refractivity contribution in [3.05, 3.63) is 12.2 Å². The van der Waals surface area contributed by atoms with Gasteiger partial charge in [0, 0.05) is 11.5 Å². The molecule has 1 heterocycles. The molecule has 3 aliphatic rings. The molecule has 0 amide bonds. The van der Waals surface area contributed by atoms with Gasteiger partial charge in [0.05, 0.1) is 12.5 Å². The molecular weight excluding hydrogens is 220 g/mol. The van der Waals surface area contributed by atoms with Crippen LogP contribution in [0.4, 0.5) is 0 Å². The zero-order chi connectivity index (χ0) is 12.2. The molecular formula is C13H16O4. The second-order valence-electron chi connectivity index (χ2n) is 5.50. The number of carbonyl (C=O) groups excluding carboxylic acids is 2. The average Bonchev–Trinajstić information content (AvgIpc) is 2.90. The third-order valence-corrected chi connectivity index (χ3v) is 4.48. The summed E-state index contributed by atoms with van der Waals surface area (Å²) in [7, 11) is 0. The zero-order valence-electron chi connectivity index (χ0n) is 9.90. The van der Waals surface area contributed by atoms with Gasteiger partial charge in [-0.3, -0.25) is 4.79 Å². The molecule has 92 valence electrons. The Balaban J connectivity index is 1.86. The van der Waals surface area contributed by atoms with Crippen LogP contribution in [-0.4, -0.2) is 24.1 Å². The van der Waals surface area contributed by atoms with Gasteiger partial charge in [-0.1, -0.05) is 6.58 Å². The molecule has 0 N–H and O–H groups in total. The van der Waals surface area contributed by atoms with Crippen molar-refractivity contribution in [3.8, 4) is 0 Å². The minimum Gasteiger partial charge on any atom is -0.465 e. The number of esters is 2. The summed E-state index contributed by atoms with van der Waals surface area (Å²) in [6.07, 6.45) is 2.63. The van der Waals surface area contributed by atoms with Gasteiger partial charge in [-0.25, -0.2) is 4.79 Å². The molecule has 3 rings (SSSR count). The second kappa shape index (κ2) is 3.34. The van der Waals surface area contributed by atoms with Crippen LogP contribution < -0.4 is 0 Å². The first-order valence-electron chi connectivity index (χ1n) is 6.09. The van der Waals surface area contributed by atoms with Crippen molar-refractivity contribution in [2.24, 2.45) is 17.8 Å². The Bertz CT molecular complexity index is 414. The Morgan fingerprint density at radius 3 is 3.06 bits per heavy atom. The van der Waals surface area contributed by atoms with Crippen LogP contribution in [0, 0.1) is 17.8 Å². The number of fused-ring (bicyclic) bond motifs is 5. The van der Waals surface area contributed by atoms with Crippen LogP contribution in [0.3, 0.4) is 0 Å². The molecule has 2 saturated carbocycles. The molecule has 0 aromatic rings. The summed E-state index contributed by atoms with van der Waals surface area (Å²) in [6.45, 7) is 5.66. The molecule has 1 saturated heterocycles. The smallest absolute Gasteiger partial charge is 0.333 e. The normalized spacial score (nSPS) is 42.2. The number of hydrogen-bond donors (Lipinski definition) is 0. The van der Waals surface area contributed by atoms with Gasteiger partial charge in [0.15, 0.2) is 0 Å². The Labute approximate surface area is 100.0 Å². The Morgan fingerprint density at radius 1 is 1.59 bits per heavy atom. The number of hydrogen-bond acceptors (Lipinski definition) is 4. The van der Waals surface area contributed by atoms with Gasteiger partial charge < -0.3 is 9.47 Å². The number of rotatable bonds is 2. The van der Waals surface area contributed by atoms with Crippen LogP contribution in [0.5, 0.6) is 0 Å². The minimum absolute atomic E-state index is 0.0401. The maximum atomic E-state index is 11.7. The van der Waals surface area contributed by atoms with E-state index in [-0.39, 0.29) is 23.8 Å². The molecule has 0 aromatic carbocycles. The van der Waals surface area contributed by atoms with E-state index in [9.17, 15) is 9.59 Å². The second-order valence-corrected chi connectivity index (χ2v) is 5.50. The van der Waals surface area contributed by atoms with E-state index >= 15 is 0 Å². The average molecular weight is 236 g/mol. The third kappa shape index (κ3) is 1.36. The molecule has 0 aromatic heterocycles. The van der Waals surface area contributed by atoms with Gasteiger partial charge in [-0.2, -0.15) is 0 Å². The van der Waals surface area contributed by atoms with Crippen LogP contribution in [0.2, 0.25) is 0 Å². The van der Waals surface area contributed by atoms with Crippen LogP contribution in [0.15, 0.2) is 12.2 Å². The Morgan fingerprint density at radius 2 is 2.35 bits per heavy atom. The van der Waals surface area contributed by atoms with Crippen molar-refractivity contribution in [3.63, 3.8) is 0 Å². The maximum Gasteiger partial charge on any atom is 0.333 e. The predicted molar refractivity (Wildman–Crippen MR) is 58.9 cm³/mol. The minimum atomic E-state index is -0.461. The van der Waals surface area contributed by atoms with E-state index in [0.29, 0.717) is 18.1 Å². The van der Waals surface area contributed by atoms with Gasteiger partial charge in [0.25, 0.3) is 0 Å². The summed E-state index contributed by atoms with van der Waals surface area (Å²) in [4.78, 5) is 23.3. The highest BCUT2D eigenvalue weighted by Gasteiger charge is 2.65. The fourth-order valence-corrected chi connectivity index (χ4v) is 3.70. The van der Waals surface area contributed by atoms with Crippen LogP contribution in [0.1, 0.15) is 26.2 Å². The molecule has 2 bridgehead atoms. The van der Waals surface area contributed by atoms with Crippen molar-refractivity contribution >= 4 is 11.9 Å². The molecule has 4 unspecified atom stereocenters. The first-order chi connectivity index (χ1) is 8.03. The number of cyclic esters (lactones) is 1. The lowest BCUT2D eigenvalue weighted by molar-refractivity contribution is -0.159. The van der Waals surface area contributed by atoms with Gasteiger partial charge in [0.1, 0.15) is 5.60 Å². The van der Waals surface area contributed by atoms with E-state index in [1.54, 1.807) is 6.92 Å². The summed E-state index contributed by atoms with van der Waals surface area (Å²) in [5.74, 6) is -0.0785. The van der Waals surface area contributed by atoms with Gasteiger partial charge in [-0.05, 0) is 32.1 Å². The molecule has 0 radical (unpaired) electrons. The highest BCUT2D eigenvalue weighted by molar-refractivity contribution is 5.87. The van der Waals surface area contributed by atoms with Crippen LogP contribution in [0.25, 0.3) is 0 Å². The van der Waals surface area contributed by atoms with E-state index in [1.807, 2.05) is 0 Å². The third-order valence-electron chi connectivity index (χ3n) is 4.48. The Kier molecular flexibility index (Phi) is 2.12. The quantitative estimate of drug-likeness (QED) is 0.538. The zero-order valence-corrected chi connectivity index (χ0v) is 9.90. The molecule has 0 spiro atoms. The fraction of sp³-hybridized carbons (Fsp3) is 0.692. The number of ether oxygens (including phenoxy) is 2. The largest absolute Gasteiger partial charge is 0.465 e. The van der Waals surface area contributed by atoms with Crippen molar-refractivity contribution in [2.75, 3.05) is 6.61 Å². The lowest BCUT2D eigenvalue weighted by Gasteiger charge is -2.33. The molecule has 2 aliphatic carbocycles. The lowest BCUT2D eigenvalue weighted by Crippen LogP contribution is -2.41. The van der Waals surface area contributed by atoms with Crippen molar-refractivity contribution in [1.82, 2.24) is 0 Å². The molecule has 17 heavy (non-hydrogen) atoms. The van der Waals surface area contributed by atoms with E-state index in [4.69, 9.17) is 9.47 Å². The van der Waals surface area contributed by atoms with E-state index in [2.05, 4.69) is 6.58 Å². The van der Waals surface area contributed by atoms with Crippen molar-refractivity contribution < 1.29 is 19.1 Å². The molecule has 3 fully saturated rings. The van der Waals surface area contributed by atoms with Crippen molar-refractivity contribution in [2.45, 2.75) is 31.8 Å². The molecule has 4 nitrogen and oxygen atoms in total. The topological polar surface area (TPSA) is 52.6 Å². The molecule has 4 atom stereocenters. The SMILES string of the molecule is C=C(C)C(=O)OC12CCC(C1)C1C(=O)OCC12. The van der Waals surface area contributed by atoms with Gasteiger partial charge in [0.2, 0.25) is 0 Å². The lowest BCUT2D eigenvalue weighted by atomic mass is 9.79. The first kappa shape index (κ1) is 10.8. The highest BCUT2D eigenvalue weighted by atomic mass is 16.6. The summed E-state index contributed by atoms with van der Waals surface area (Å²) in [5.41, 5.74) is -0.0473. The van der Waals surface area contributed by atoms with Gasteiger partial charge in [-0.15, -0.1) is 0 Å². The summed E-state index contributed by atoms with van der Waals surface area (Å²) in [5, 5.41) is 0. The van der Waals surface area contributed by atoms with Crippen LogP contribution in [-0.2, 0) is 19.1 Å². The monoisotopic (exact) mass is 236 g/mol. The van der Waals surface area contributed by atoms with E-state index in [0.717, 1.165) is 19.3 Å². The molecule has 4 heteroatoms. The van der Waals surface area contributed by atoms with Crippen molar-refractivity contribution in [1.29, 1.82) is 0 Å². The van der Waals surface area contributed by atoms with E-state index < -0.39 is 5.60 Å². The molecule has 1 aliphatic heterocycles. The first-order valence-corrected chi connectivity index (χ1v) is 6.09. The standard InChI is InChI=1S/C13H16O4/c1-7(2)11(14)17-13-4-3-8(5-13)10-9(13)6-16-12(10)15/h8-10H,1,3-6H2,2H3. The van der Waals surface area contributed by atoms with Crippen LogP contribution >= 0.6 is 0 Å².